The Morgan fingerprint density at radius 3 is 2.78 bits per heavy atom. The van der Waals surface area contributed by atoms with E-state index in [4.69, 9.17) is 4.74 Å². The third-order valence-electron chi connectivity index (χ3n) is 4.27. The standard InChI is InChI=1S/C19H21NO3/c1-23-13-15-6-4-5-14(9-15)10-20-11-16-7-2-3-8-17(16)18(12-20)19(21)22/h2-9,18H,10-13H2,1H3,(H,21,22). The highest BCUT2D eigenvalue weighted by atomic mass is 16.5. The van der Waals surface area contributed by atoms with Crippen molar-refractivity contribution in [3.63, 3.8) is 0 Å². The van der Waals surface area contributed by atoms with Gasteiger partial charge in [-0.2, -0.15) is 0 Å². The van der Waals surface area contributed by atoms with Gasteiger partial charge in [-0.1, -0.05) is 48.5 Å². The molecule has 0 bridgehead atoms. The van der Waals surface area contributed by atoms with Crippen molar-refractivity contribution >= 4 is 5.97 Å². The van der Waals surface area contributed by atoms with Crippen LogP contribution in [0.25, 0.3) is 0 Å². The molecule has 120 valence electrons. The van der Waals surface area contributed by atoms with Crippen LogP contribution in [-0.4, -0.2) is 29.6 Å². The van der Waals surface area contributed by atoms with Crippen LogP contribution in [0.3, 0.4) is 0 Å². The van der Waals surface area contributed by atoms with Crippen molar-refractivity contribution in [1.82, 2.24) is 4.90 Å². The molecular formula is C19H21NO3. The van der Waals surface area contributed by atoms with E-state index in [1.165, 1.54) is 5.56 Å². The topological polar surface area (TPSA) is 49.8 Å². The SMILES string of the molecule is COCc1cccc(CN2Cc3ccccc3C(C(=O)O)C2)c1. The Morgan fingerprint density at radius 1 is 1.22 bits per heavy atom. The number of nitrogens with zero attached hydrogens (tertiary/aromatic N) is 1. The van der Waals surface area contributed by atoms with Crippen LogP contribution >= 0.6 is 0 Å². The molecule has 0 spiro atoms. The first kappa shape index (κ1) is 15.7. The Bertz CT molecular complexity index is 699. The number of carboxylic acid groups (broad SMARTS) is 1. The van der Waals surface area contributed by atoms with Crippen LogP contribution in [-0.2, 0) is 29.2 Å². The lowest BCUT2D eigenvalue weighted by Crippen LogP contribution is -2.36. The fourth-order valence-electron chi connectivity index (χ4n) is 3.25. The molecule has 0 aliphatic carbocycles. The van der Waals surface area contributed by atoms with Gasteiger partial charge in [0.05, 0.1) is 12.5 Å². The lowest BCUT2D eigenvalue weighted by molar-refractivity contribution is -0.139. The van der Waals surface area contributed by atoms with Gasteiger partial charge in [-0.05, 0) is 22.3 Å². The molecule has 1 atom stereocenters. The van der Waals surface area contributed by atoms with Crippen molar-refractivity contribution in [3.8, 4) is 0 Å². The van der Waals surface area contributed by atoms with Crippen molar-refractivity contribution in [2.24, 2.45) is 0 Å². The molecule has 1 N–H and O–H groups in total. The molecule has 2 aromatic rings. The minimum atomic E-state index is -0.754. The van der Waals surface area contributed by atoms with E-state index in [9.17, 15) is 9.90 Å². The molecule has 0 saturated heterocycles. The highest BCUT2D eigenvalue weighted by Gasteiger charge is 2.29. The normalized spacial score (nSPS) is 17.7. The Balaban J connectivity index is 1.79. The van der Waals surface area contributed by atoms with Crippen molar-refractivity contribution in [2.45, 2.75) is 25.6 Å². The second kappa shape index (κ2) is 6.94. The minimum Gasteiger partial charge on any atom is -0.481 e. The molecule has 0 saturated carbocycles. The van der Waals surface area contributed by atoms with Gasteiger partial charge in [0.2, 0.25) is 0 Å². The van der Waals surface area contributed by atoms with Gasteiger partial charge in [-0.3, -0.25) is 9.69 Å². The lowest BCUT2D eigenvalue weighted by atomic mass is 9.89. The summed E-state index contributed by atoms with van der Waals surface area (Å²) in [6, 6.07) is 16.1. The molecular weight excluding hydrogens is 290 g/mol. The molecule has 0 fully saturated rings. The average molecular weight is 311 g/mol. The monoisotopic (exact) mass is 311 g/mol. The van der Waals surface area contributed by atoms with Gasteiger partial charge < -0.3 is 9.84 Å². The van der Waals surface area contributed by atoms with E-state index in [1.807, 2.05) is 36.4 Å². The highest BCUT2D eigenvalue weighted by molar-refractivity contribution is 5.77. The molecule has 4 nitrogen and oxygen atoms in total. The molecule has 0 aromatic heterocycles. The first-order chi connectivity index (χ1) is 11.2. The molecule has 1 aliphatic heterocycles. The molecule has 23 heavy (non-hydrogen) atoms. The number of methoxy groups -OCH3 is 1. The molecule has 1 unspecified atom stereocenters. The zero-order valence-corrected chi connectivity index (χ0v) is 13.2. The van der Waals surface area contributed by atoms with Gasteiger partial charge in [-0.25, -0.2) is 0 Å². The summed E-state index contributed by atoms with van der Waals surface area (Å²) in [6.45, 7) is 2.67. The average Bonchev–Trinajstić information content (AvgIpc) is 2.54. The van der Waals surface area contributed by atoms with E-state index in [1.54, 1.807) is 7.11 Å². The van der Waals surface area contributed by atoms with Crippen LogP contribution in [0.4, 0.5) is 0 Å². The van der Waals surface area contributed by atoms with Crippen LogP contribution in [0.5, 0.6) is 0 Å². The lowest BCUT2D eigenvalue weighted by Gasteiger charge is -2.32. The number of ether oxygens (including phenoxy) is 1. The zero-order chi connectivity index (χ0) is 16.2. The van der Waals surface area contributed by atoms with Crippen molar-refractivity contribution in [1.29, 1.82) is 0 Å². The maximum Gasteiger partial charge on any atom is 0.312 e. The van der Waals surface area contributed by atoms with Crippen LogP contribution in [0, 0.1) is 0 Å². The molecule has 0 amide bonds. The van der Waals surface area contributed by atoms with E-state index in [2.05, 4.69) is 17.0 Å². The van der Waals surface area contributed by atoms with E-state index in [-0.39, 0.29) is 0 Å². The number of carboxylic acids is 1. The first-order valence-electron chi connectivity index (χ1n) is 7.77. The summed E-state index contributed by atoms with van der Waals surface area (Å²) >= 11 is 0. The molecule has 0 radical (unpaired) electrons. The van der Waals surface area contributed by atoms with Crippen LogP contribution < -0.4 is 0 Å². The fourth-order valence-corrected chi connectivity index (χ4v) is 3.25. The van der Waals surface area contributed by atoms with Crippen LogP contribution in [0.1, 0.15) is 28.2 Å². The quantitative estimate of drug-likeness (QED) is 0.922. The van der Waals surface area contributed by atoms with E-state index < -0.39 is 11.9 Å². The Kier molecular flexibility index (Phi) is 4.74. The van der Waals surface area contributed by atoms with Gasteiger partial charge in [-0.15, -0.1) is 0 Å². The van der Waals surface area contributed by atoms with Crippen molar-refractivity contribution < 1.29 is 14.6 Å². The second-order valence-electron chi connectivity index (χ2n) is 6.01. The summed E-state index contributed by atoms with van der Waals surface area (Å²) in [5.74, 6) is -1.21. The van der Waals surface area contributed by atoms with Crippen LogP contribution in [0.2, 0.25) is 0 Å². The summed E-state index contributed by atoms with van der Waals surface area (Å²) in [5.41, 5.74) is 4.38. The van der Waals surface area contributed by atoms with Gasteiger partial charge in [0.25, 0.3) is 0 Å². The fraction of sp³-hybridized carbons (Fsp3) is 0.316. The number of fused-ring (bicyclic) bond motifs is 1. The van der Waals surface area contributed by atoms with Gasteiger partial charge >= 0.3 is 5.97 Å². The number of carbonyl (C=O) groups is 1. The Labute approximate surface area is 136 Å². The van der Waals surface area contributed by atoms with Crippen molar-refractivity contribution in [2.75, 3.05) is 13.7 Å². The number of benzene rings is 2. The molecule has 4 heteroatoms. The Hall–Kier alpha value is -2.17. The summed E-state index contributed by atoms with van der Waals surface area (Å²) in [4.78, 5) is 13.8. The third-order valence-corrected chi connectivity index (χ3v) is 4.27. The Morgan fingerprint density at radius 2 is 2.00 bits per heavy atom. The zero-order valence-electron chi connectivity index (χ0n) is 13.2. The third kappa shape index (κ3) is 3.60. The minimum absolute atomic E-state index is 0.456. The molecule has 2 aromatic carbocycles. The predicted octanol–water partition coefficient (Wildman–Crippen LogP) is 3.02. The highest BCUT2D eigenvalue weighted by Crippen LogP contribution is 2.29. The number of hydrogen-bond acceptors (Lipinski definition) is 3. The maximum absolute atomic E-state index is 11.6. The van der Waals surface area contributed by atoms with E-state index in [0.29, 0.717) is 13.2 Å². The van der Waals surface area contributed by atoms with E-state index in [0.717, 1.165) is 29.8 Å². The summed E-state index contributed by atoms with van der Waals surface area (Å²) in [7, 11) is 1.69. The van der Waals surface area contributed by atoms with Crippen molar-refractivity contribution in [3.05, 3.63) is 70.8 Å². The largest absolute Gasteiger partial charge is 0.481 e. The molecule has 3 rings (SSSR count). The summed E-state index contributed by atoms with van der Waals surface area (Å²) in [5, 5.41) is 9.54. The summed E-state index contributed by atoms with van der Waals surface area (Å²) < 4.78 is 5.18. The van der Waals surface area contributed by atoms with Crippen LogP contribution in [0.15, 0.2) is 48.5 Å². The smallest absolute Gasteiger partial charge is 0.312 e. The maximum atomic E-state index is 11.6. The van der Waals surface area contributed by atoms with Gasteiger partial charge in [0.15, 0.2) is 0 Å². The second-order valence-corrected chi connectivity index (χ2v) is 6.01. The number of rotatable bonds is 5. The van der Waals surface area contributed by atoms with Gasteiger partial charge in [0.1, 0.15) is 0 Å². The van der Waals surface area contributed by atoms with Gasteiger partial charge in [0, 0.05) is 26.7 Å². The first-order valence-corrected chi connectivity index (χ1v) is 7.77. The molecule has 1 heterocycles. The predicted molar refractivity (Wildman–Crippen MR) is 88.1 cm³/mol. The summed E-state index contributed by atoms with van der Waals surface area (Å²) in [6.07, 6.45) is 0. The van der Waals surface area contributed by atoms with E-state index >= 15 is 0 Å². The number of aliphatic carboxylic acids is 1. The number of hydrogen-bond donors (Lipinski definition) is 1. The molecule has 1 aliphatic rings.